The number of hydrogen-bond acceptors (Lipinski definition) is 18. The molecule has 0 aliphatic rings. The SMILES string of the molecule is NCCOCCOCCOCCOCCOCCOCCC(=O)N[C@H](Cc1ccc2ccc3cccc4ccc1c2c34)C(=O)NCCC(=O)N[C@H](Cc1ccc2ccc3cccc4ccc1c2c34)C(=O)NCCOCCOCCOCCOCCOCCOCCC(N)=O. The summed E-state index contributed by atoms with van der Waals surface area (Å²) >= 11 is 0. The minimum absolute atomic E-state index is 0.00775. The number of hydrogen-bond donors (Lipinski definition) is 6. The van der Waals surface area contributed by atoms with E-state index in [0.717, 1.165) is 75.8 Å². The Bertz CT molecular complexity index is 3530. The third-order valence-electron chi connectivity index (χ3n) is 15.5. The zero-order valence-electron chi connectivity index (χ0n) is 53.8. The van der Waals surface area contributed by atoms with E-state index in [-0.39, 0.29) is 77.5 Å². The molecular weight excluding hydrogens is 1210 g/mol. The second kappa shape index (κ2) is 41.5. The summed E-state index contributed by atoms with van der Waals surface area (Å²) in [6.45, 7) is 9.52. The van der Waals surface area contributed by atoms with Gasteiger partial charge in [-0.25, -0.2) is 0 Å². The lowest BCUT2D eigenvalue weighted by atomic mass is 9.90. The zero-order chi connectivity index (χ0) is 65.8. The molecule has 0 aliphatic heterocycles. The van der Waals surface area contributed by atoms with Crippen LogP contribution < -0.4 is 32.7 Å². The van der Waals surface area contributed by atoms with Gasteiger partial charge in [0.05, 0.1) is 159 Å². The number of primary amides is 1. The molecule has 0 bridgehead atoms. The van der Waals surface area contributed by atoms with Crippen LogP contribution in [-0.4, -0.2) is 220 Å². The van der Waals surface area contributed by atoms with Crippen molar-refractivity contribution < 1.29 is 80.8 Å². The van der Waals surface area contributed by atoms with Gasteiger partial charge in [0.1, 0.15) is 12.1 Å². The third-order valence-corrected chi connectivity index (χ3v) is 15.5. The van der Waals surface area contributed by atoms with Gasteiger partial charge >= 0.3 is 0 Å². The molecule has 0 heterocycles. The van der Waals surface area contributed by atoms with E-state index in [4.69, 9.17) is 68.3 Å². The summed E-state index contributed by atoms with van der Waals surface area (Å²) in [6, 6.07) is 35.2. The van der Waals surface area contributed by atoms with Gasteiger partial charge < -0.3 is 89.6 Å². The van der Waals surface area contributed by atoms with E-state index in [0.29, 0.717) is 139 Å². The lowest BCUT2D eigenvalue weighted by molar-refractivity contribution is -0.130. The molecule has 0 unspecified atom stereocenters. The highest BCUT2D eigenvalue weighted by molar-refractivity contribution is 6.24. The van der Waals surface area contributed by atoms with Gasteiger partial charge in [0, 0.05) is 51.7 Å². The fourth-order valence-electron chi connectivity index (χ4n) is 11.0. The number of nitrogens with one attached hydrogen (secondary N) is 4. The minimum atomic E-state index is -1.01. The highest BCUT2D eigenvalue weighted by Crippen LogP contribution is 2.38. The van der Waals surface area contributed by atoms with Gasteiger partial charge in [-0.1, -0.05) is 109 Å². The number of rotatable bonds is 52. The molecule has 0 saturated heterocycles. The maximum Gasteiger partial charge on any atom is 0.243 e. The average Bonchev–Trinajstić information content (AvgIpc) is 0.753. The van der Waals surface area contributed by atoms with Crippen molar-refractivity contribution in [3.05, 3.63) is 120 Å². The Balaban J connectivity index is 0.796. The predicted octanol–water partition coefficient (Wildman–Crippen LogP) is 5.28. The molecule has 8 aromatic rings. The van der Waals surface area contributed by atoms with Gasteiger partial charge in [0.2, 0.25) is 29.5 Å². The van der Waals surface area contributed by atoms with Crippen molar-refractivity contribution >= 4 is 94.2 Å². The predicted molar refractivity (Wildman–Crippen MR) is 360 cm³/mol. The number of benzene rings is 8. The summed E-state index contributed by atoms with van der Waals surface area (Å²) in [7, 11) is 0. The molecule has 0 aliphatic carbocycles. The molecule has 2 atom stereocenters. The zero-order valence-corrected chi connectivity index (χ0v) is 53.8. The van der Waals surface area contributed by atoms with Crippen LogP contribution in [0.5, 0.6) is 0 Å². The summed E-state index contributed by atoms with van der Waals surface area (Å²) < 4.78 is 66.3. The van der Waals surface area contributed by atoms with Gasteiger partial charge in [-0.2, -0.15) is 0 Å². The molecule has 0 saturated carbocycles. The van der Waals surface area contributed by atoms with Crippen molar-refractivity contribution in [1.82, 2.24) is 21.3 Å². The fraction of sp³-hybridized carbons (Fsp3) is 0.479. The van der Waals surface area contributed by atoms with E-state index in [1.165, 1.54) is 0 Å². The summed E-state index contributed by atoms with van der Waals surface area (Å²) in [5.74, 6) is -2.09. The van der Waals surface area contributed by atoms with Crippen LogP contribution in [0, 0.1) is 0 Å². The van der Waals surface area contributed by atoms with E-state index in [1.807, 2.05) is 36.4 Å². The van der Waals surface area contributed by atoms with E-state index in [9.17, 15) is 24.0 Å². The average molecular weight is 1300 g/mol. The largest absolute Gasteiger partial charge is 0.379 e. The first-order valence-corrected chi connectivity index (χ1v) is 32.5. The highest BCUT2D eigenvalue weighted by Gasteiger charge is 2.26. The maximum absolute atomic E-state index is 14.3. The lowest BCUT2D eigenvalue weighted by Gasteiger charge is -2.22. The molecule has 0 radical (unpaired) electrons. The van der Waals surface area contributed by atoms with E-state index < -0.39 is 35.7 Å². The van der Waals surface area contributed by atoms with Gasteiger partial charge in [-0.05, 0) is 75.8 Å². The van der Waals surface area contributed by atoms with Crippen molar-refractivity contribution in [3.63, 3.8) is 0 Å². The standard InChI is InChI=1S/C71H92N6O17/c72-22-27-85-31-35-89-39-43-93-47-45-92-42-38-88-34-30-84-26-21-65(80)77-61(49-57-13-11-55-9-7-51-3-1-5-53-15-17-59(57)68(55)66(51)53)70(81)74-23-19-64(79)76-62(50-58-14-12-56-10-8-52-4-2-6-54-16-18-60(58)69(56)67(52)54)71(82)75-24-28-86-32-36-90-40-44-94-48-46-91-41-37-87-33-29-83-25-20-63(73)78/h1-18,61-62H,19-50,72H2,(H2,73,78)(H,74,81)(H,75,82)(H,76,79)(H,77,80)/t61-,62-/m1/s1. The van der Waals surface area contributed by atoms with E-state index >= 15 is 0 Å². The van der Waals surface area contributed by atoms with Crippen LogP contribution in [-0.2, 0) is 93.7 Å². The molecule has 8 rings (SSSR count). The lowest BCUT2D eigenvalue weighted by Crippen LogP contribution is -2.50. The van der Waals surface area contributed by atoms with Crippen molar-refractivity contribution in [2.75, 3.05) is 178 Å². The fourth-order valence-corrected chi connectivity index (χ4v) is 11.0. The van der Waals surface area contributed by atoms with Crippen molar-refractivity contribution in [1.29, 1.82) is 0 Å². The Hall–Kier alpha value is -7.33. The van der Waals surface area contributed by atoms with Crippen LogP contribution in [0.2, 0.25) is 0 Å². The summed E-state index contributed by atoms with van der Waals surface area (Å²) in [5, 5.41) is 24.8. The molecule has 5 amide bonds. The van der Waals surface area contributed by atoms with E-state index in [2.05, 4.69) is 94.1 Å². The Morgan fingerprint density at radius 3 is 0.989 bits per heavy atom. The maximum atomic E-state index is 14.3. The number of amides is 5. The number of carbonyl (C=O) groups is 5. The van der Waals surface area contributed by atoms with E-state index in [1.54, 1.807) is 0 Å². The Labute approximate surface area is 548 Å². The molecule has 94 heavy (non-hydrogen) atoms. The van der Waals surface area contributed by atoms with Crippen LogP contribution in [0.4, 0.5) is 0 Å². The molecular formula is C71H92N6O17. The Morgan fingerprint density at radius 1 is 0.319 bits per heavy atom. The molecule has 0 fully saturated rings. The number of nitrogens with two attached hydrogens (primary N) is 2. The first-order valence-electron chi connectivity index (χ1n) is 32.5. The smallest absolute Gasteiger partial charge is 0.243 e. The van der Waals surface area contributed by atoms with Crippen molar-refractivity contribution in [2.45, 2.75) is 44.2 Å². The first-order chi connectivity index (χ1) is 46.2. The van der Waals surface area contributed by atoms with Gasteiger partial charge in [-0.3, -0.25) is 24.0 Å². The topological polar surface area (TPSA) is 296 Å². The molecule has 0 aromatic heterocycles. The monoisotopic (exact) mass is 1300 g/mol. The minimum Gasteiger partial charge on any atom is -0.379 e. The van der Waals surface area contributed by atoms with Crippen molar-refractivity contribution in [2.24, 2.45) is 11.5 Å². The molecule has 23 heteroatoms. The van der Waals surface area contributed by atoms with Crippen molar-refractivity contribution in [3.8, 4) is 0 Å². The quantitative estimate of drug-likeness (QED) is 0.0209. The molecule has 508 valence electrons. The highest BCUT2D eigenvalue weighted by atomic mass is 16.6. The normalized spacial score (nSPS) is 12.4. The molecule has 8 N–H and O–H groups in total. The van der Waals surface area contributed by atoms with Gasteiger partial charge in [0.15, 0.2) is 0 Å². The number of ether oxygens (including phenoxy) is 12. The first kappa shape index (κ1) is 72.5. The van der Waals surface area contributed by atoms with Gasteiger partial charge in [-0.15, -0.1) is 0 Å². The second-order valence-electron chi connectivity index (χ2n) is 22.2. The van der Waals surface area contributed by atoms with Crippen LogP contribution in [0.15, 0.2) is 109 Å². The van der Waals surface area contributed by atoms with Crippen LogP contribution in [0.25, 0.3) is 64.6 Å². The van der Waals surface area contributed by atoms with Crippen LogP contribution in [0.1, 0.15) is 30.4 Å². The third kappa shape index (κ3) is 23.8. The Kier molecular flexibility index (Phi) is 32.0. The second-order valence-corrected chi connectivity index (χ2v) is 22.2. The van der Waals surface area contributed by atoms with Gasteiger partial charge in [0.25, 0.3) is 0 Å². The van der Waals surface area contributed by atoms with Crippen LogP contribution >= 0.6 is 0 Å². The summed E-state index contributed by atoms with van der Waals surface area (Å²) in [6.07, 6.45) is 0.387. The molecule has 0 spiro atoms. The summed E-state index contributed by atoms with van der Waals surface area (Å²) in [4.78, 5) is 66.9. The Morgan fingerprint density at radius 2 is 0.617 bits per heavy atom. The van der Waals surface area contributed by atoms with Crippen LogP contribution in [0.3, 0.4) is 0 Å². The summed E-state index contributed by atoms with van der Waals surface area (Å²) in [5.41, 5.74) is 12.2. The molecule has 8 aromatic carbocycles. The number of carbonyl (C=O) groups excluding carboxylic acids is 5. The molecule has 23 nitrogen and oxygen atoms in total.